The lowest BCUT2D eigenvalue weighted by molar-refractivity contribution is 0.0308. The molecule has 0 bridgehead atoms. The number of rotatable bonds is 7. The third kappa shape index (κ3) is 4.80. The molecule has 0 radical (unpaired) electrons. The summed E-state index contributed by atoms with van der Waals surface area (Å²) < 4.78 is 5.90. The van der Waals surface area contributed by atoms with Gasteiger partial charge < -0.3 is 15.6 Å². The molecule has 0 amide bonds. The Balaban J connectivity index is 2.55. The van der Waals surface area contributed by atoms with Crippen LogP contribution in [0.4, 0.5) is 0 Å². The SMILES string of the molecule is CCC(O)(CN)CCCOc1ccccc1C(C)(C)C. The number of ether oxygens (including phenoxy) is 1. The van der Waals surface area contributed by atoms with Gasteiger partial charge in [-0.15, -0.1) is 0 Å². The quantitative estimate of drug-likeness (QED) is 0.753. The van der Waals surface area contributed by atoms with Crippen LogP contribution in [-0.2, 0) is 5.41 Å². The van der Waals surface area contributed by atoms with Gasteiger partial charge in [-0.05, 0) is 36.3 Å². The molecule has 0 aliphatic rings. The molecule has 1 atom stereocenters. The number of hydrogen-bond acceptors (Lipinski definition) is 3. The van der Waals surface area contributed by atoms with Gasteiger partial charge in [-0.25, -0.2) is 0 Å². The van der Waals surface area contributed by atoms with Gasteiger partial charge in [-0.1, -0.05) is 45.9 Å². The third-order valence-electron chi connectivity index (χ3n) is 3.78. The summed E-state index contributed by atoms with van der Waals surface area (Å²) in [6, 6.07) is 8.15. The lowest BCUT2D eigenvalue weighted by Crippen LogP contribution is -2.37. The first kappa shape index (κ1) is 17.0. The highest BCUT2D eigenvalue weighted by Crippen LogP contribution is 2.31. The number of benzene rings is 1. The van der Waals surface area contributed by atoms with E-state index in [1.165, 1.54) is 5.56 Å². The Morgan fingerprint density at radius 1 is 1.20 bits per heavy atom. The fourth-order valence-electron chi connectivity index (χ4n) is 2.22. The Kier molecular flexibility index (Phi) is 6.03. The minimum absolute atomic E-state index is 0.0675. The second-order valence-corrected chi connectivity index (χ2v) is 6.48. The van der Waals surface area contributed by atoms with E-state index < -0.39 is 5.60 Å². The maximum Gasteiger partial charge on any atom is 0.123 e. The van der Waals surface area contributed by atoms with E-state index in [-0.39, 0.29) is 5.41 Å². The summed E-state index contributed by atoms with van der Waals surface area (Å²) in [7, 11) is 0. The predicted octanol–water partition coefficient (Wildman–Crippen LogP) is 3.24. The minimum atomic E-state index is -0.743. The molecular formula is C17H29NO2. The molecule has 0 spiro atoms. The molecule has 3 nitrogen and oxygen atoms in total. The number of para-hydroxylation sites is 1. The molecule has 114 valence electrons. The molecule has 1 aromatic carbocycles. The fraction of sp³-hybridized carbons (Fsp3) is 0.647. The first-order chi connectivity index (χ1) is 9.32. The van der Waals surface area contributed by atoms with Crippen molar-refractivity contribution in [3.63, 3.8) is 0 Å². The summed E-state index contributed by atoms with van der Waals surface area (Å²) in [4.78, 5) is 0. The summed E-state index contributed by atoms with van der Waals surface area (Å²) in [6.45, 7) is 9.42. The topological polar surface area (TPSA) is 55.5 Å². The van der Waals surface area contributed by atoms with Crippen LogP contribution in [0.3, 0.4) is 0 Å². The minimum Gasteiger partial charge on any atom is -0.493 e. The van der Waals surface area contributed by atoms with Crippen LogP contribution in [0, 0.1) is 0 Å². The van der Waals surface area contributed by atoms with E-state index in [1.807, 2.05) is 25.1 Å². The van der Waals surface area contributed by atoms with Crippen molar-refractivity contribution in [2.24, 2.45) is 5.73 Å². The van der Waals surface area contributed by atoms with Crippen molar-refractivity contribution in [2.45, 2.75) is 58.0 Å². The van der Waals surface area contributed by atoms with E-state index in [9.17, 15) is 5.11 Å². The van der Waals surface area contributed by atoms with Crippen LogP contribution in [0.5, 0.6) is 5.75 Å². The van der Waals surface area contributed by atoms with E-state index >= 15 is 0 Å². The molecule has 3 N–H and O–H groups in total. The lowest BCUT2D eigenvalue weighted by Gasteiger charge is -2.25. The fourth-order valence-corrected chi connectivity index (χ4v) is 2.22. The average molecular weight is 279 g/mol. The summed E-state index contributed by atoms with van der Waals surface area (Å²) >= 11 is 0. The molecule has 0 aliphatic carbocycles. The van der Waals surface area contributed by atoms with Crippen LogP contribution in [0.15, 0.2) is 24.3 Å². The molecule has 0 aliphatic heterocycles. The van der Waals surface area contributed by atoms with E-state index in [4.69, 9.17) is 10.5 Å². The van der Waals surface area contributed by atoms with Gasteiger partial charge in [0.05, 0.1) is 12.2 Å². The van der Waals surface area contributed by atoms with Gasteiger partial charge in [0.15, 0.2) is 0 Å². The van der Waals surface area contributed by atoms with E-state index in [1.54, 1.807) is 0 Å². The smallest absolute Gasteiger partial charge is 0.123 e. The van der Waals surface area contributed by atoms with Crippen molar-refractivity contribution in [3.8, 4) is 5.75 Å². The molecule has 0 fully saturated rings. The molecule has 1 aromatic rings. The highest BCUT2D eigenvalue weighted by Gasteiger charge is 2.22. The normalized spacial score (nSPS) is 14.9. The lowest BCUT2D eigenvalue weighted by atomic mass is 9.86. The summed E-state index contributed by atoms with van der Waals surface area (Å²) in [5.74, 6) is 0.938. The Morgan fingerprint density at radius 2 is 1.85 bits per heavy atom. The van der Waals surface area contributed by atoms with Crippen LogP contribution in [0.2, 0.25) is 0 Å². The molecule has 1 unspecified atom stereocenters. The first-order valence-corrected chi connectivity index (χ1v) is 7.47. The summed E-state index contributed by atoms with van der Waals surface area (Å²) in [6.07, 6.45) is 2.17. The van der Waals surface area contributed by atoms with Gasteiger partial charge in [0.2, 0.25) is 0 Å². The van der Waals surface area contributed by atoms with Crippen LogP contribution in [0.1, 0.15) is 52.5 Å². The Morgan fingerprint density at radius 3 is 2.40 bits per heavy atom. The number of nitrogens with two attached hydrogens (primary N) is 1. The van der Waals surface area contributed by atoms with E-state index in [0.717, 1.165) is 12.2 Å². The Hall–Kier alpha value is -1.06. The van der Waals surface area contributed by atoms with Gasteiger partial charge in [0.1, 0.15) is 5.75 Å². The van der Waals surface area contributed by atoms with Gasteiger partial charge in [0.25, 0.3) is 0 Å². The van der Waals surface area contributed by atoms with Crippen LogP contribution in [-0.4, -0.2) is 23.9 Å². The number of hydrogen-bond donors (Lipinski definition) is 2. The molecule has 20 heavy (non-hydrogen) atoms. The van der Waals surface area contributed by atoms with Gasteiger partial charge in [-0.2, -0.15) is 0 Å². The van der Waals surface area contributed by atoms with Gasteiger partial charge >= 0.3 is 0 Å². The molecule has 0 heterocycles. The second-order valence-electron chi connectivity index (χ2n) is 6.48. The molecule has 0 saturated carbocycles. The zero-order valence-corrected chi connectivity index (χ0v) is 13.3. The van der Waals surface area contributed by atoms with Gasteiger partial charge in [0, 0.05) is 6.54 Å². The van der Waals surface area contributed by atoms with Crippen molar-refractivity contribution in [2.75, 3.05) is 13.2 Å². The van der Waals surface area contributed by atoms with Crippen LogP contribution in [0.25, 0.3) is 0 Å². The molecule has 3 heteroatoms. The average Bonchev–Trinajstić information content (AvgIpc) is 2.43. The van der Waals surface area contributed by atoms with Crippen LogP contribution < -0.4 is 10.5 Å². The standard InChI is InChI=1S/C17H29NO2/c1-5-17(19,13-18)11-8-12-20-15-10-7-6-9-14(15)16(2,3)4/h6-7,9-10,19H,5,8,11-13,18H2,1-4H3. The van der Waals surface area contributed by atoms with Crippen LogP contribution >= 0.6 is 0 Å². The molecular weight excluding hydrogens is 250 g/mol. The first-order valence-electron chi connectivity index (χ1n) is 7.47. The van der Waals surface area contributed by atoms with Crippen molar-refractivity contribution >= 4 is 0 Å². The monoisotopic (exact) mass is 279 g/mol. The third-order valence-corrected chi connectivity index (χ3v) is 3.78. The summed E-state index contributed by atoms with van der Waals surface area (Å²) in [5, 5.41) is 10.1. The highest BCUT2D eigenvalue weighted by molar-refractivity contribution is 5.38. The highest BCUT2D eigenvalue weighted by atomic mass is 16.5. The van der Waals surface area contributed by atoms with Crippen molar-refractivity contribution in [1.29, 1.82) is 0 Å². The van der Waals surface area contributed by atoms with Crippen molar-refractivity contribution in [1.82, 2.24) is 0 Å². The molecule has 1 rings (SSSR count). The van der Waals surface area contributed by atoms with E-state index in [2.05, 4.69) is 26.8 Å². The van der Waals surface area contributed by atoms with Crippen molar-refractivity contribution < 1.29 is 9.84 Å². The zero-order chi connectivity index (χ0) is 15.2. The van der Waals surface area contributed by atoms with Gasteiger partial charge in [-0.3, -0.25) is 0 Å². The van der Waals surface area contributed by atoms with E-state index in [0.29, 0.717) is 26.0 Å². The second kappa shape index (κ2) is 7.09. The number of aliphatic hydroxyl groups is 1. The Bertz CT molecular complexity index is 406. The predicted molar refractivity (Wildman–Crippen MR) is 84.2 cm³/mol. The maximum atomic E-state index is 10.1. The largest absolute Gasteiger partial charge is 0.493 e. The summed E-state index contributed by atoms with van der Waals surface area (Å²) in [5.41, 5.74) is 6.14. The molecule has 0 aromatic heterocycles. The zero-order valence-electron chi connectivity index (χ0n) is 13.3. The Labute approximate surface area is 123 Å². The molecule has 0 saturated heterocycles. The maximum absolute atomic E-state index is 10.1. The van der Waals surface area contributed by atoms with Crippen molar-refractivity contribution in [3.05, 3.63) is 29.8 Å².